The van der Waals surface area contributed by atoms with Gasteiger partial charge in [0.2, 0.25) is 0 Å². The number of furan rings is 1. The predicted molar refractivity (Wildman–Crippen MR) is 65.8 cm³/mol. The molecule has 0 saturated heterocycles. The van der Waals surface area contributed by atoms with Crippen LogP contribution in [0, 0.1) is 20.2 Å². The number of anilines is 1. The summed E-state index contributed by atoms with van der Waals surface area (Å²) in [4.78, 5) is 20.1. The van der Waals surface area contributed by atoms with Crippen molar-refractivity contribution in [3.8, 4) is 0 Å². The smallest absolute Gasteiger partial charge is 0.404 e. The van der Waals surface area contributed by atoms with Gasteiger partial charge in [0.15, 0.2) is 0 Å². The van der Waals surface area contributed by atoms with Gasteiger partial charge < -0.3 is 9.73 Å². The first-order valence-corrected chi connectivity index (χ1v) is 5.28. The molecule has 0 atom stereocenters. The monoisotopic (exact) mass is 263 g/mol. The van der Waals surface area contributed by atoms with Crippen LogP contribution in [0.4, 0.5) is 17.3 Å². The molecule has 8 nitrogen and oxygen atoms in total. The molecule has 0 unspecified atom stereocenters. The van der Waals surface area contributed by atoms with E-state index >= 15 is 0 Å². The summed E-state index contributed by atoms with van der Waals surface area (Å²) >= 11 is 0. The number of hydrogen-bond acceptors (Lipinski definition) is 6. The van der Waals surface area contributed by atoms with Gasteiger partial charge in [-0.15, -0.1) is 0 Å². The van der Waals surface area contributed by atoms with E-state index in [9.17, 15) is 20.2 Å². The Labute approximate surface area is 107 Å². The lowest BCUT2D eigenvalue weighted by molar-refractivity contribution is -0.402. The van der Waals surface area contributed by atoms with Gasteiger partial charge in [0.25, 0.3) is 5.69 Å². The molecule has 1 aromatic heterocycles. The van der Waals surface area contributed by atoms with E-state index in [1.807, 2.05) is 0 Å². The Balaban J connectivity index is 2.10. The van der Waals surface area contributed by atoms with E-state index in [2.05, 4.69) is 5.32 Å². The molecule has 0 aliphatic carbocycles. The molecule has 0 fully saturated rings. The van der Waals surface area contributed by atoms with Gasteiger partial charge in [-0.25, -0.2) is 0 Å². The van der Waals surface area contributed by atoms with Crippen molar-refractivity contribution in [2.24, 2.45) is 0 Å². The highest BCUT2D eigenvalue weighted by molar-refractivity contribution is 5.61. The van der Waals surface area contributed by atoms with Crippen LogP contribution in [0.5, 0.6) is 0 Å². The van der Waals surface area contributed by atoms with Crippen LogP contribution in [0.15, 0.2) is 40.8 Å². The molecule has 0 amide bonds. The van der Waals surface area contributed by atoms with Crippen LogP contribution in [0.25, 0.3) is 0 Å². The maximum Gasteiger partial charge on any atom is 0.433 e. The number of nitrogens with one attached hydrogen (secondary N) is 1. The van der Waals surface area contributed by atoms with Crippen LogP contribution in [0.1, 0.15) is 5.76 Å². The third kappa shape index (κ3) is 2.86. The second-order valence-electron chi connectivity index (χ2n) is 3.62. The molecule has 1 aromatic carbocycles. The van der Waals surface area contributed by atoms with Crippen molar-refractivity contribution in [1.29, 1.82) is 0 Å². The van der Waals surface area contributed by atoms with Gasteiger partial charge in [0, 0.05) is 6.07 Å². The fourth-order valence-electron chi connectivity index (χ4n) is 1.52. The van der Waals surface area contributed by atoms with Gasteiger partial charge in [0.05, 0.1) is 17.5 Å². The number of para-hydroxylation sites is 2. The summed E-state index contributed by atoms with van der Waals surface area (Å²) in [6, 6.07) is 8.81. The molecule has 98 valence electrons. The molecule has 0 bridgehead atoms. The molecule has 1 N–H and O–H groups in total. The largest absolute Gasteiger partial charge is 0.433 e. The lowest BCUT2D eigenvalue weighted by Crippen LogP contribution is -2.01. The Bertz CT molecular complexity index is 622. The highest BCUT2D eigenvalue weighted by atomic mass is 16.6. The number of hydrogen-bond donors (Lipinski definition) is 1. The van der Waals surface area contributed by atoms with Gasteiger partial charge in [0.1, 0.15) is 16.4 Å². The van der Waals surface area contributed by atoms with Crippen molar-refractivity contribution in [2.45, 2.75) is 6.54 Å². The van der Waals surface area contributed by atoms with Crippen molar-refractivity contribution in [3.05, 3.63) is 62.4 Å². The summed E-state index contributed by atoms with van der Waals surface area (Å²) in [5.41, 5.74) is 0.259. The van der Waals surface area contributed by atoms with E-state index in [4.69, 9.17) is 4.42 Å². The summed E-state index contributed by atoms with van der Waals surface area (Å²) in [6.45, 7) is 0.124. The summed E-state index contributed by atoms with van der Waals surface area (Å²) in [7, 11) is 0. The fraction of sp³-hybridized carbons (Fsp3) is 0.0909. The van der Waals surface area contributed by atoms with E-state index in [1.165, 1.54) is 18.2 Å². The first-order chi connectivity index (χ1) is 9.08. The molecule has 0 saturated carbocycles. The zero-order valence-electron chi connectivity index (χ0n) is 9.61. The highest BCUT2D eigenvalue weighted by Gasteiger charge is 2.14. The molecule has 0 aliphatic rings. The lowest BCUT2D eigenvalue weighted by Gasteiger charge is -2.04. The van der Waals surface area contributed by atoms with E-state index in [1.54, 1.807) is 18.2 Å². The average molecular weight is 263 g/mol. The first-order valence-electron chi connectivity index (χ1n) is 5.28. The highest BCUT2D eigenvalue weighted by Crippen LogP contribution is 2.24. The van der Waals surface area contributed by atoms with Gasteiger partial charge in [-0.1, -0.05) is 12.1 Å². The second kappa shape index (κ2) is 5.17. The van der Waals surface area contributed by atoms with Gasteiger partial charge in [-0.05, 0) is 12.1 Å². The zero-order valence-corrected chi connectivity index (χ0v) is 9.61. The predicted octanol–water partition coefficient (Wildman–Crippen LogP) is 2.71. The van der Waals surface area contributed by atoms with Crippen molar-refractivity contribution in [1.82, 2.24) is 0 Å². The molecule has 2 rings (SSSR count). The zero-order chi connectivity index (χ0) is 13.8. The van der Waals surface area contributed by atoms with Crippen molar-refractivity contribution in [2.75, 3.05) is 5.32 Å². The van der Waals surface area contributed by atoms with Crippen LogP contribution in [0.3, 0.4) is 0 Å². The fourth-order valence-corrected chi connectivity index (χ4v) is 1.52. The van der Waals surface area contributed by atoms with E-state index < -0.39 is 9.85 Å². The summed E-state index contributed by atoms with van der Waals surface area (Å²) in [5.74, 6) is -0.0378. The lowest BCUT2D eigenvalue weighted by atomic mass is 10.2. The Morgan fingerprint density at radius 2 is 1.79 bits per heavy atom. The third-order valence-corrected chi connectivity index (χ3v) is 2.38. The van der Waals surface area contributed by atoms with Crippen molar-refractivity contribution >= 4 is 17.3 Å². The Hall–Kier alpha value is -2.90. The molecule has 8 heteroatoms. The number of nitrogens with zero attached hydrogens (tertiary/aromatic N) is 2. The molecule has 2 aromatic rings. The minimum Gasteiger partial charge on any atom is -0.404 e. The topological polar surface area (TPSA) is 111 Å². The summed E-state index contributed by atoms with van der Waals surface area (Å²) in [6.07, 6.45) is 0. The van der Waals surface area contributed by atoms with E-state index in [-0.39, 0.29) is 18.1 Å². The minimum absolute atomic E-state index is 0.0662. The summed E-state index contributed by atoms with van der Waals surface area (Å²) in [5, 5.41) is 24.0. The third-order valence-electron chi connectivity index (χ3n) is 2.38. The molecule has 19 heavy (non-hydrogen) atoms. The maximum absolute atomic E-state index is 10.8. The average Bonchev–Trinajstić information content (AvgIpc) is 2.85. The standard InChI is InChI=1S/C11H9N3O5/c15-13(16)10-4-2-1-3-9(10)12-7-8-5-6-11(19-8)14(17)18/h1-6,12H,7H2. The van der Waals surface area contributed by atoms with Gasteiger partial charge in [-0.2, -0.15) is 0 Å². The van der Waals surface area contributed by atoms with Crippen LogP contribution < -0.4 is 5.32 Å². The molecule has 0 aliphatic heterocycles. The first kappa shape index (κ1) is 12.6. The van der Waals surface area contributed by atoms with Crippen LogP contribution >= 0.6 is 0 Å². The normalized spacial score (nSPS) is 10.1. The molecule has 0 spiro atoms. The van der Waals surface area contributed by atoms with E-state index in [0.717, 1.165) is 0 Å². The van der Waals surface area contributed by atoms with Crippen LogP contribution in [0.2, 0.25) is 0 Å². The second-order valence-corrected chi connectivity index (χ2v) is 3.62. The minimum atomic E-state index is -0.644. The number of nitro groups is 2. The SMILES string of the molecule is O=[N+]([O-])c1ccc(CNc2ccccc2[N+](=O)[O-])o1. The summed E-state index contributed by atoms with van der Waals surface area (Å²) < 4.78 is 4.94. The Kier molecular flexibility index (Phi) is 3.42. The Morgan fingerprint density at radius 3 is 2.42 bits per heavy atom. The number of rotatable bonds is 5. The van der Waals surface area contributed by atoms with Crippen molar-refractivity contribution < 1.29 is 14.3 Å². The van der Waals surface area contributed by atoms with Crippen LogP contribution in [-0.2, 0) is 6.54 Å². The van der Waals surface area contributed by atoms with Gasteiger partial charge in [-0.3, -0.25) is 20.2 Å². The Morgan fingerprint density at radius 1 is 1.05 bits per heavy atom. The van der Waals surface area contributed by atoms with Gasteiger partial charge >= 0.3 is 5.88 Å². The van der Waals surface area contributed by atoms with E-state index in [0.29, 0.717) is 11.4 Å². The molecular weight excluding hydrogens is 254 g/mol. The maximum atomic E-state index is 10.8. The number of benzene rings is 1. The molecular formula is C11H9N3O5. The molecule has 1 heterocycles. The molecule has 0 radical (unpaired) electrons. The number of nitro benzene ring substituents is 1. The van der Waals surface area contributed by atoms with Crippen LogP contribution in [-0.4, -0.2) is 9.85 Å². The van der Waals surface area contributed by atoms with Crippen molar-refractivity contribution in [3.63, 3.8) is 0 Å². The quantitative estimate of drug-likeness (QED) is 0.655.